The summed E-state index contributed by atoms with van der Waals surface area (Å²) >= 11 is 3.47. The van der Waals surface area contributed by atoms with Crippen LogP contribution in [0.1, 0.15) is 6.92 Å². The Morgan fingerprint density at radius 2 is 2.46 bits per heavy atom. The molecule has 0 aromatic carbocycles. The second kappa shape index (κ2) is 5.02. The van der Waals surface area contributed by atoms with Crippen LogP contribution in [0.3, 0.4) is 0 Å². The third-order valence-corrected chi connectivity index (χ3v) is 2.39. The van der Waals surface area contributed by atoms with E-state index < -0.39 is 0 Å². The summed E-state index contributed by atoms with van der Waals surface area (Å²) in [6.45, 7) is 7.58. The van der Waals surface area contributed by atoms with Crippen molar-refractivity contribution in [2.75, 3.05) is 18.0 Å². The normalized spacial score (nSPS) is 9.69. The minimum atomic E-state index is 0.826. The Morgan fingerprint density at radius 3 is 3.00 bits per heavy atom. The first-order valence-electron chi connectivity index (χ1n) is 4.26. The first-order valence-corrected chi connectivity index (χ1v) is 5.05. The van der Waals surface area contributed by atoms with E-state index in [4.69, 9.17) is 0 Å². The molecular weight excluding hydrogens is 228 g/mol. The molecule has 1 aromatic rings. The fourth-order valence-corrected chi connectivity index (χ4v) is 1.64. The number of pyridine rings is 1. The molecule has 0 unspecified atom stereocenters. The minimum Gasteiger partial charge on any atom is -0.352 e. The first kappa shape index (κ1) is 10.3. The van der Waals surface area contributed by atoms with Gasteiger partial charge in [0.1, 0.15) is 5.82 Å². The van der Waals surface area contributed by atoms with Gasteiger partial charge in [0, 0.05) is 19.3 Å². The van der Waals surface area contributed by atoms with Gasteiger partial charge in [-0.1, -0.05) is 6.08 Å². The van der Waals surface area contributed by atoms with E-state index in [1.54, 1.807) is 6.20 Å². The predicted molar refractivity (Wildman–Crippen MR) is 60.0 cm³/mol. The molecule has 0 atom stereocenters. The van der Waals surface area contributed by atoms with Crippen LogP contribution in [0.15, 0.2) is 35.5 Å². The molecule has 0 bridgehead atoms. The van der Waals surface area contributed by atoms with Crippen LogP contribution in [0.4, 0.5) is 5.82 Å². The molecule has 0 N–H and O–H groups in total. The van der Waals surface area contributed by atoms with Crippen LogP contribution in [0, 0.1) is 0 Å². The Balaban J connectivity index is 2.90. The molecule has 0 radical (unpaired) electrons. The summed E-state index contributed by atoms with van der Waals surface area (Å²) in [6, 6.07) is 3.91. The van der Waals surface area contributed by atoms with Crippen LogP contribution >= 0.6 is 15.9 Å². The SMILES string of the molecule is C=CCN(CC)c1ncccc1Br. The number of aromatic nitrogens is 1. The third-order valence-electron chi connectivity index (χ3n) is 1.77. The summed E-state index contributed by atoms with van der Waals surface area (Å²) in [5.74, 6) is 0.977. The quantitative estimate of drug-likeness (QED) is 0.753. The lowest BCUT2D eigenvalue weighted by atomic mass is 10.4. The number of likely N-dealkylation sites (N-methyl/N-ethyl adjacent to an activating group) is 1. The molecule has 0 saturated carbocycles. The zero-order valence-corrected chi connectivity index (χ0v) is 9.29. The summed E-state index contributed by atoms with van der Waals surface area (Å²) in [5, 5.41) is 0. The molecule has 0 aliphatic carbocycles. The average molecular weight is 241 g/mol. The van der Waals surface area contributed by atoms with Crippen molar-refractivity contribution in [3.8, 4) is 0 Å². The first-order chi connectivity index (χ1) is 6.29. The molecule has 0 fully saturated rings. The Kier molecular flexibility index (Phi) is 3.96. The van der Waals surface area contributed by atoms with E-state index in [0.29, 0.717) is 0 Å². The van der Waals surface area contributed by atoms with Crippen LogP contribution < -0.4 is 4.90 Å². The Morgan fingerprint density at radius 1 is 1.69 bits per heavy atom. The summed E-state index contributed by atoms with van der Waals surface area (Å²) in [4.78, 5) is 6.45. The van der Waals surface area contributed by atoms with Gasteiger partial charge in [0.05, 0.1) is 4.47 Å². The maximum absolute atomic E-state index is 4.30. The third kappa shape index (κ3) is 2.56. The summed E-state index contributed by atoms with van der Waals surface area (Å²) in [7, 11) is 0. The van der Waals surface area contributed by atoms with E-state index >= 15 is 0 Å². The lowest BCUT2D eigenvalue weighted by Crippen LogP contribution is -2.23. The lowest BCUT2D eigenvalue weighted by molar-refractivity contribution is 0.879. The molecule has 0 amide bonds. The van der Waals surface area contributed by atoms with E-state index in [0.717, 1.165) is 23.4 Å². The van der Waals surface area contributed by atoms with Crippen LogP contribution in [0.2, 0.25) is 0 Å². The van der Waals surface area contributed by atoms with Gasteiger partial charge in [-0.3, -0.25) is 0 Å². The number of halogens is 1. The van der Waals surface area contributed by atoms with Gasteiger partial charge in [0.2, 0.25) is 0 Å². The molecule has 3 heteroatoms. The molecule has 0 spiro atoms. The van der Waals surface area contributed by atoms with Gasteiger partial charge < -0.3 is 4.90 Å². The highest BCUT2D eigenvalue weighted by Gasteiger charge is 2.06. The van der Waals surface area contributed by atoms with E-state index in [2.05, 4.69) is 39.3 Å². The number of nitrogens with zero attached hydrogens (tertiary/aromatic N) is 2. The Hall–Kier alpha value is -0.830. The topological polar surface area (TPSA) is 16.1 Å². The highest BCUT2D eigenvalue weighted by molar-refractivity contribution is 9.10. The molecular formula is C10H13BrN2. The average Bonchev–Trinajstić information content (AvgIpc) is 2.16. The van der Waals surface area contributed by atoms with Gasteiger partial charge in [-0.25, -0.2) is 4.98 Å². The van der Waals surface area contributed by atoms with Crippen molar-refractivity contribution in [3.05, 3.63) is 35.5 Å². The molecule has 0 saturated heterocycles. The zero-order chi connectivity index (χ0) is 9.68. The molecule has 1 rings (SSSR count). The zero-order valence-electron chi connectivity index (χ0n) is 7.70. The van der Waals surface area contributed by atoms with Gasteiger partial charge in [0.25, 0.3) is 0 Å². The molecule has 1 heterocycles. The molecule has 0 aliphatic rings. The molecule has 70 valence electrons. The highest BCUT2D eigenvalue weighted by atomic mass is 79.9. The highest BCUT2D eigenvalue weighted by Crippen LogP contribution is 2.22. The Bertz CT molecular complexity index is 286. The number of hydrogen-bond donors (Lipinski definition) is 0. The van der Waals surface area contributed by atoms with Crippen molar-refractivity contribution >= 4 is 21.7 Å². The summed E-state index contributed by atoms with van der Waals surface area (Å²) in [5.41, 5.74) is 0. The van der Waals surface area contributed by atoms with Crippen LogP contribution in [-0.2, 0) is 0 Å². The maximum Gasteiger partial charge on any atom is 0.143 e. The van der Waals surface area contributed by atoms with Gasteiger partial charge in [-0.15, -0.1) is 6.58 Å². The van der Waals surface area contributed by atoms with Crippen LogP contribution in [0.25, 0.3) is 0 Å². The number of anilines is 1. The van der Waals surface area contributed by atoms with Crippen LogP contribution in [0.5, 0.6) is 0 Å². The van der Waals surface area contributed by atoms with Crippen molar-refractivity contribution in [2.45, 2.75) is 6.92 Å². The van der Waals surface area contributed by atoms with Crippen molar-refractivity contribution < 1.29 is 0 Å². The molecule has 2 nitrogen and oxygen atoms in total. The second-order valence-electron chi connectivity index (χ2n) is 2.64. The summed E-state index contributed by atoms with van der Waals surface area (Å²) in [6.07, 6.45) is 3.68. The fraction of sp³-hybridized carbons (Fsp3) is 0.300. The standard InChI is InChI=1S/C10H13BrN2/c1-3-8-13(4-2)10-9(11)6-5-7-12-10/h3,5-7H,1,4,8H2,2H3. The molecule has 13 heavy (non-hydrogen) atoms. The minimum absolute atomic E-state index is 0.826. The largest absolute Gasteiger partial charge is 0.352 e. The number of rotatable bonds is 4. The second-order valence-corrected chi connectivity index (χ2v) is 3.49. The van der Waals surface area contributed by atoms with E-state index in [1.165, 1.54) is 0 Å². The van der Waals surface area contributed by atoms with E-state index in [-0.39, 0.29) is 0 Å². The predicted octanol–water partition coefficient (Wildman–Crippen LogP) is 2.86. The van der Waals surface area contributed by atoms with Crippen molar-refractivity contribution in [3.63, 3.8) is 0 Å². The molecule has 1 aromatic heterocycles. The van der Waals surface area contributed by atoms with Gasteiger partial charge >= 0.3 is 0 Å². The van der Waals surface area contributed by atoms with Gasteiger partial charge in [-0.2, -0.15) is 0 Å². The van der Waals surface area contributed by atoms with Crippen molar-refractivity contribution in [2.24, 2.45) is 0 Å². The van der Waals surface area contributed by atoms with Gasteiger partial charge in [-0.05, 0) is 35.0 Å². The van der Waals surface area contributed by atoms with Crippen molar-refractivity contribution in [1.29, 1.82) is 0 Å². The smallest absolute Gasteiger partial charge is 0.143 e. The van der Waals surface area contributed by atoms with Gasteiger partial charge in [0.15, 0.2) is 0 Å². The fourth-order valence-electron chi connectivity index (χ4n) is 1.13. The maximum atomic E-state index is 4.30. The lowest BCUT2D eigenvalue weighted by Gasteiger charge is -2.20. The summed E-state index contributed by atoms with van der Waals surface area (Å²) < 4.78 is 1.03. The van der Waals surface area contributed by atoms with E-state index in [1.807, 2.05) is 18.2 Å². The van der Waals surface area contributed by atoms with Crippen molar-refractivity contribution in [1.82, 2.24) is 4.98 Å². The number of hydrogen-bond acceptors (Lipinski definition) is 2. The monoisotopic (exact) mass is 240 g/mol. The Labute approximate surface area is 87.4 Å². The van der Waals surface area contributed by atoms with Crippen LogP contribution in [-0.4, -0.2) is 18.1 Å². The molecule has 0 aliphatic heterocycles. The van der Waals surface area contributed by atoms with E-state index in [9.17, 15) is 0 Å².